The summed E-state index contributed by atoms with van der Waals surface area (Å²) < 4.78 is 11.5. The Morgan fingerprint density at radius 2 is 2.00 bits per heavy atom. The number of methoxy groups -OCH3 is 1. The van der Waals surface area contributed by atoms with Gasteiger partial charge in [0.15, 0.2) is 11.5 Å². The first-order chi connectivity index (χ1) is 11.2. The lowest BCUT2D eigenvalue weighted by atomic mass is 9.70. The van der Waals surface area contributed by atoms with Crippen LogP contribution in [0, 0.1) is 11.3 Å². The van der Waals surface area contributed by atoms with Gasteiger partial charge in [0.25, 0.3) is 0 Å². The van der Waals surface area contributed by atoms with E-state index in [4.69, 9.17) is 9.47 Å². The van der Waals surface area contributed by atoms with Crippen molar-refractivity contribution in [1.29, 1.82) is 5.26 Å². The number of carbonyl (C=O) groups is 1. The zero-order valence-corrected chi connectivity index (χ0v) is 13.6. The van der Waals surface area contributed by atoms with E-state index in [2.05, 4.69) is 6.07 Å². The third-order valence-corrected chi connectivity index (χ3v) is 5.08. The molecular formula is C19H23NO3. The maximum Gasteiger partial charge on any atom is 0.161 e. The molecule has 1 atom stereocenters. The summed E-state index contributed by atoms with van der Waals surface area (Å²) in [6.45, 7) is 0. The molecule has 0 N–H and O–H groups in total. The van der Waals surface area contributed by atoms with Gasteiger partial charge in [-0.25, -0.2) is 0 Å². The van der Waals surface area contributed by atoms with Crippen LogP contribution in [0.25, 0.3) is 0 Å². The van der Waals surface area contributed by atoms with Crippen LogP contribution in [0.2, 0.25) is 0 Å². The number of Topliss-reactive ketones (excluding diaryl/α,β-unsaturated/α-hetero) is 1. The molecule has 0 aromatic heterocycles. The van der Waals surface area contributed by atoms with E-state index >= 15 is 0 Å². The van der Waals surface area contributed by atoms with Gasteiger partial charge in [-0.15, -0.1) is 0 Å². The molecule has 0 heterocycles. The van der Waals surface area contributed by atoms with Crippen LogP contribution in [0.4, 0.5) is 0 Å². The fourth-order valence-corrected chi connectivity index (χ4v) is 3.76. The Morgan fingerprint density at radius 1 is 1.22 bits per heavy atom. The van der Waals surface area contributed by atoms with E-state index in [-0.39, 0.29) is 11.9 Å². The summed E-state index contributed by atoms with van der Waals surface area (Å²) in [6.07, 6.45) is 7.15. The van der Waals surface area contributed by atoms with Gasteiger partial charge < -0.3 is 9.47 Å². The largest absolute Gasteiger partial charge is 0.493 e. The predicted octanol–water partition coefficient (Wildman–Crippen LogP) is 3.92. The van der Waals surface area contributed by atoms with Gasteiger partial charge in [0.2, 0.25) is 0 Å². The number of nitriles is 1. The summed E-state index contributed by atoms with van der Waals surface area (Å²) in [5.41, 5.74) is 0.164. The molecule has 4 nitrogen and oxygen atoms in total. The number of benzene rings is 1. The molecule has 0 saturated heterocycles. The number of rotatable bonds is 4. The monoisotopic (exact) mass is 313 g/mol. The summed E-state index contributed by atoms with van der Waals surface area (Å²) in [4.78, 5) is 11.9. The van der Waals surface area contributed by atoms with Crippen molar-refractivity contribution in [2.24, 2.45) is 0 Å². The first kappa shape index (κ1) is 15.9. The van der Waals surface area contributed by atoms with Crippen molar-refractivity contribution < 1.29 is 14.3 Å². The Bertz CT molecular complexity index is 628. The molecule has 23 heavy (non-hydrogen) atoms. The fraction of sp³-hybridized carbons (Fsp3) is 0.579. The smallest absolute Gasteiger partial charge is 0.161 e. The molecule has 0 radical (unpaired) electrons. The van der Waals surface area contributed by atoms with Crippen molar-refractivity contribution in [3.05, 3.63) is 23.8 Å². The van der Waals surface area contributed by atoms with E-state index in [1.54, 1.807) is 7.11 Å². The topological polar surface area (TPSA) is 59.3 Å². The first-order valence-electron chi connectivity index (χ1n) is 8.45. The van der Waals surface area contributed by atoms with Gasteiger partial charge in [0.1, 0.15) is 5.78 Å². The van der Waals surface area contributed by atoms with E-state index < -0.39 is 5.41 Å². The third-order valence-electron chi connectivity index (χ3n) is 5.08. The minimum Gasteiger partial charge on any atom is -0.493 e. The van der Waals surface area contributed by atoms with Crippen molar-refractivity contribution >= 4 is 5.78 Å². The van der Waals surface area contributed by atoms with E-state index in [0.717, 1.165) is 31.2 Å². The van der Waals surface area contributed by atoms with Gasteiger partial charge in [0, 0.05) is 12.8 Å². The van der Waals surface area contributed by atoms with Gasteiger partial charge in [-0.3, -0.25) is 4.79 Å². The van der Waals surface area contributed by atoms with Crippen molar-refractivity contribution in [2.45, 2.75) is 62.9 Å². The van der Waals surface area contributed by atoms with Crippen LogP contribution < -0.4 is 9.47 Å². The number of ether oxygens (including phenoxy) is 2. The predicted molar refractivity (Wildman–Crippen MR) is 86.6 cm³/mol. The highest BCUT2D eigenvalue weighted by Gasteiger charge is 2.38. The molecule has 0 amide bonds. The molecule has 122 valence electrons. The van der Waals surface area contributed by atoms with Crippen LogP contribution in [0.3, 0.4) is 0 Å². The zero-order chi connectivity index (χ0) is 16.3. The van der Waals surface area contributed by atoms with Gasteiger partial charge in [-0.2, -0.15) is 5.26 Å². The lowest BCUT2D eigenvalue weighted by Gasteiger charge is -2.31. The minimum atomic E-state index is -0.713. The van der Waals surface area contributed by atoms with E-state index in [1.165, 1.54) is 12.8 Å². The maximum atomic E-state index is 11.9. The Kier molecular flexibility index (Phi) is 4.56. The molecule has 1 aromatic carbocycles. The lowest BCUT2D eigenvalue weighted by Crippen LogP contribution is -2.31. The number of carbonyl (C=O) groups excluding carboxylic acids is 1. The molecule has 2 saturated carbocycles. The summed E-state index contributed by atoms with van der Waals surface area (Å²) in [7, 11) is 1.63. The first-order valence-corrected chi connectivity index (χ1v) is 8.45. The van der Waals surface area contributed by atoms with Crippen LogP contribution >= 0.6 is 0 Å². The van der Waals surface area contributed by atoms with Gasteiger partial charge in [-0.1, -0.05) is 6.07 Å². The SMILES string of the molecule is COc1ccc(C2(C#N)CCCC(=O)C2)cc1OC1CCCC1. The minimum absolute atomic E-state index is 0.173. The van der Waals surface area contributed by atoms with Crippen LogP contribution in [-0.2, 0) is 10.2 Å². The average molecular weight is 313 g/mol. The lowest BCUT2D eigenvalue weighted by molar-refractivity contribution is -0.121. The molecule has 3 rings (SSSR count). The molecule has 0 aliphatic heterocycles. The number of hydrogen-bond donors (Lipinski definition) is 0. The molecule has 2 aliphatic rings. The van der Waals surface area contributed by atoms with Crippen molar-refractivity contribution in [3.63, 3.8) is 0 Å². The third kappa shape index (κ3) is 3.19. The van der Waals surface area contributed by atoms with E-state index in [9.17, 15) is 10.1 Å². The molecular weight excluding hydrogens is 290 g/mol. The fourth-order valence-electron chi connectivity index (χ4n) is 3.76. The highest BCUT2D eigenvalue weighted by molar-refractivity contribution is 5.81. The van der Waals surface area contributed by atoms with Gasteiger partial charge in [0.05, 0.1) is 24.7 Å². The van der Waals surface area contributed by atoms with Crippen molar-refractivity contribution in [3.8, 4) is 17.6 Å². The molecule has 4 heteroatoms. The second kappa shape index (κ2) is 6.62. The van der Waals surface area contributed by atoms with Crippen molar-refractivity contribution in [2.75, 3.05) is 7.11 Å². The average Bonchev–Trinajstić information content (AvgIpc) is 3.07. The number of nitrogens with zero attached hydrogens (tertiary/aromatic N) is 1. The highest BCUT2D eigenvalue weighted by Crippen LogP contribution is 2.41. The molecule has 0 bridgehead atoms. The standard InChI is InChI=1S/C19H23NO3/c1-22-17-9-8-14(11-18(17)23-16-6-2-3-7-16)19(13-20)10-4-5-15(21)12-19/h8-9,11,16H,2-7,10,12H2,1H3. The van der Waals surface area contributed by atoms with E-state index in [1.807, 2.05) is 18.2 Å². The second-order valence-corrected chi connectivity index (χ2v) is 6.65. The van der Waals surface area contributed by atoms with Gasteiger partial charge >= 0.3 is 0 Å². The summed E-state index contributed by atoms with van der Waals surface area (Å²) in [5.74, 6) is 1.56. The van der Waals surface area contributed by atoms with Crippen LogP contribution in [0.1, 0.15) is 56.9 Å². The quantitative estimate of drug-likeness (QED) is 0.845. The summed E-state index contributed by atoms with van der Waals surface area (Å²) in [6, 6.07) is 8.08. The Labute approximate surface area is 137 Å². The normalized spacial score (nSPS) is 25.1. The molecule has 2 aliphatic carbocycles. The van der Waals surface area contributed by atoms with E-state index in [0.29, 0.717) is 24.3 Å². The van der Waals surface area contributed by atoms with Crippen LogP contribution in [0.15, 0.2) is 18.2 Å². The molecule has 0 spiro atoms. The van der Waals surface area contributed by atoms with Crippen LogP contribution in [-0.4, -0.2) is 19.0 Å². The Hall–Kier alpha value is -2.02. The molecule has 2 fully saturated rings. The Morgan fingerprint density at radius 3 is 2.65 bits per heavy atom. The summed E-state index contributed by atoms with van der Waals surface area (Å²) in [5, 5.41) is 9.74. The molecule has 1 unspecified atom stereocenters. The van der Waals surface area contributed by atoms with Crippen LogP contribution in [0.5, 0.6) is 11.5 Å². The maximum absolute atomic E-state index is 11.9. The number of hydrogen-bond acceptors (Lipinski definition) is 4. The second-order valence-electron chi connectivity index (χ2n) is 6.65. The van der Waals surface area contributed by atoms with Gasteiger partial charge in [-0.05, 0) is 56.2 Å². The van der Waals surface area contributed by atoms with Crippen molar-refractivity contribution in [1.82, 2.24) is 0 Å². The number of ketones is 1. The zero-order valence-electron chi connectivity index (χ0n) is 13.6. The highest BCUT2D eigenvalue weighted by atomic mass is 16.5. The molecule has 1 aromatic rings. The summed E-state index contributed by atoms with van der Waals surface area (Å²) >= 11 is 0. The Balaban J connectivity index is 1.92.